The average molecular weight is 410 g/mol. The number of nitrogens with zero attached hydrogens (tertiary/aromatic N) is 4. The van der Waals surface area contributed by atoms with Crippen LogP contribution in [-0.4, -0.2) is 52.9 Å². The zero-order chi connectivity index (χ0) is 21.1. The minimum Gasteiger partial charge on any atom is -0.481 e. The van der Waals surface area contributed by atoms with Crippen molar-refractivity contribution in [3.8, 4) is 6.07 Å². The largest absolute Gasteiger partial charge is 0.481 e. The Hall–Kier alpha value is -2.54. The second kappa shape index (κ2) is 6.76. The summed E-state index contributed by atoms with van der Waals surface area (Å²) in [7, 11) is 0. The first kappa shape index (κ1) is 19.8. The van der Waals surface area contributed by atoms with Gasteiger partial charge < -0.3 is 20.0 Å². The summed E-state index contributed by atoms with van der Waals surface area (Å²) < 4.78 is 40.9. The number of carboxylic acid groups (broad SMARTS) is 1. The number of aromatic nitrogens is 1. The van der Waals surface area contributed by atoms with Crippen LogP contribution in [0.5, 0.6) is 0 Å². The van der Waals surface area contributed by atoms with Gasteiger partial charge in [0.05, 0.1) is 17.7 Å². The van der Waals surface area contributed by atoms with Crippen LogP contribution in [0, 0.1) is 29.1 Å². The number of alkyl halides is 3. The van der Waals surface area contributed by atoms with E-state index in [1.807, 2.05) is 0 Å². The molecule has 1 unspecified atom stereocenters. The topological polar surface area (TPSA) is 101 Å². The van der Waals surface area contributed by atoms with Crippen LogP contribution in [-0.2, 0) is 11.0 Å². The van der Waals surface area contributed by atoms with Gasteiger partial charge in [-0.05, 0) is 37.2 Å². The number of aliphatic hydroxyl groups is 1. The fraction of sp³-hybridized carbons (Fsp3) is 0.632. The van der Waals surface area contributed by atoms with Gasteiger partial charge in [0, 0.05) is 26.1 Å². The maximum absolute atomic E-state index is 13.6. The maximum atomic E-state index is 13.6. The number of carboxylic acids is 1. The highest BCUT2D eigenvalue weighted by Crippen LogP contribution is 2.55. The highest BCUT2D eigenvalue weighted by atomic mass is 19.4. The number of β-amino-alcohol motifs (C(OH)–C–C–N with tert-alkyl or cyclic N) is 1. The van der Waals surface area contributed by atoms with Crippen molar-refractivity contribution in [2.24, 2.45) is 17.8 Å². The van der Waals surface area contributed by atoms with Crippen molar-refractivity contribution in [1.82, 2.24) is 4.98 Å². The van der Waals surface area contributed by atoms with Gasteiger partial charge in [0.25, 0.3) is 0 Å². The summed E-state index contributed by atoms with van der Waals surface area (Å²) in [4.78, 5) is 18.4. The number of aliphatic hydroxyl groups excluding tert-OH is 1. The first-order chi connectivity index (χ1) is 13.6. The Labute approximate surface area is 165 Å². The highest BCUT2D eigenvalue weighted by molar-refractivity contribution is 5.67. The number of anilines is 2. The van der Waals surface area contributed by atoms with Gasteiger partial charge in [-0.25, -0.2) is 4.98 Å². The Morgan fingerprint density at radius 3 is 2.48 bits per heavy atom. The lowest BCUT2D eigenvalue weighted by Gasteiger charge is -2.45. The quantitative estimate of drug-likeness (QED) is 0.767. The first-order valence-electron chi connectivity index (χ1n) is 9.55. The van der Waals surface area contributed by atoms with E-state index in [1.54, 1.807) is 17.9 Å². The molecular formula is C19H21F3N4O3. The molecule has 0 aromatic carbocycles. The van der Waals surface area contributed by atoms with Gasteiger partial charge in [0.1, 0.15) is 23.3 Å². The number of rotatable bonds is 5. The van der Waals surface area contributed by atoms with Gasteiger partial charge in [0.2, 0.25) is 0 Å². The molecule has 0 bridgehead atoms. The van der Waals surface area contributed by atoms with E-state index in [9.17, 15) is 28.3 Å². The van der Waals surface area contributed by atoms with Crippen LogP contribution >= 0.6 is 0 Å². The predicted molar refractivity (Wildman–Crippen MR) is 96.3 cm³/mol. The third kappa shape index (κ3) is 3.37. The Bertz CT molecular complexity index is 873. The van der Waals surface area contributed by atoms with Gasteiger partial charge in [-0.3, -0.25) is 4.79 Å². The minimum absolute atomic E-state index is 0.0434. The molecule has 7 nitrogen and oxygen atoms in total. The predicted octanol–water partition coefficient (Wildman–Crippen LogP) is 2.09. The zero-order valence-corrected chi connectivity index (χ0v) is 15.7. The molecule has 3 heterocycles. The number of piperidine rings is 1. The molecule has 2 N–H and O–H groups in total. The molecule has 5 atom stereocenters. The van der Waals surface area contributed by atoms with Crippen LogP contribution in [0.4, 0.5) is 24.8 Å². The molecular weight excluding hydrogens is 389 g/mol. The van der Waals surface area contributed by atoms with Crippen molar-refractivity contribution in [1.29, 1.82) is 5.26 Å². The lowest BCUT2D eigenvalue weighted by molar-refractivity contribution is -0.138. The van der Waals surface area contributed by atoms with E-state index in [-0.39, 0.29) is 36.4 Å². The molecule has 0 radical (unpaired) electrons. The Morgan fingerprint density at radius 2 is 2.00 bits per heavy atom. The molecule has 2 saturated heterocycles. The van der Waals surface area contributed by atoms with E-state index in [0.29, 0.717) is 25.4 Å². The average Bonchev–Trinajstić information content (AvgIpc) is 3.11. The summed E-state index contributed by atoms with van der Waals surface area (Å²) in [6.45, 7) is 2.87. The Morgan fingerprint density at radius 1 is 1.34 bits per heavy atom. The molecule has 2 aliphatic heterocycles. The number of carbonyl (C=O) groups is 1. The number of aliphatic carboxylic acids is 1. The van der Waals surface area contributed by atoms with E-state index < -0.39 is 35.4 Å². The molecule has 29 heavy (non-hydrogen) atoms. The lowest BCUT2D eigenvalue weighted by atomic mass is 9.99. The number of hydrogen-bond acceptors (Lipinski definition) is 6. The fourth-order valence-electron chi connectivity index (χ4n) is 4.65. The lowest BCUT2D eigenvalue weighted by Crippen LogP contribution is -2.59. The minimum atomic E-state index is -4.70. The molecule has 0 amide bonds. The van der Waals surface area contributed by atoms with Gasteiger partial charge in [0.15, 0.2) is 0 Å². The number of pyridine rings is 1. The second-order valence-corrected chi connectivity index (χ2v) is 8.13. The van der Waals surface area contributed by atoms with Crippen molar-refractivity contribution in [2.45, 2.75) is 38.1 Å². The van der Waals surface area contributed by atoms with Crippen LogP contribution < -0.4 is 9.80 Å². The second-order valence-electron chi connectivity index (χ2n) is 8.13. The third-order valence-corrected chi connectivity index (χ3v) is 6.50. The van der Waals surface area contributed by atoms with Crippen molar-refractivity contribution < 1.29 is 28.2 Å². The van der Waals surface area contributed by atoms with E-state index in [1.165, 1.54) is 4.90 Å². The molecule has 0 spiro atoms. The number of halogens is 3. The van der Waals surface area contributed by atoms with Crippen molar-refractivity contribution in [2.75, 3.05) is 29.4 Å². The van der Waals surface area contributed by atoms with Gasteiger partial charge in [-0.1, -0.05) is 0 Å². The van der Waals surface area contributed by atoms with Gasteiger partial charge in [-0.15, -0.1) is 0 Å². The van der Waals surface area contributed by atoms with Crippen molar-refractivity contribution in [3.05, 3.63) is 17.2 Å². The van der Waals surface area contributed by atoms with Crippen LogP contribution in [0.1, 0.15) is 30.9 Å². The van der Waals surface area contributed by atoms with E-state index in [4.69, 9.17) is 5.11 Å². The van der Waals surface area contributed by atoms with Crippen LogP contribution in [0.15, 0.2) is 6.07 Å². The van der Waals surface area contributed by atoms with E-state index in [0.717, 1.165) is 6.07 Å². The molecule has 10 heteroatoms. The summed E-state index contributed by atoms with van der Waals surface area (Å²) in [5, 5.41) is 28.0. The van der Waals surface area contributed by atoms with Gasteiger partial charge >= 0.3 is 12.1 Å². The Balaban J connectivity index is 1.60. The number of nitriles is 1. The monoisotopic (exact) mass is 410 g/mol. The molecule has 1 aromatic heterocycles. The summed E-state index contributed by atoms with van der Waals surface area (Å²) in [5.41, 5.74) is -1.54. The highest BCUT2D eigenvalue weighted by Gasteiger charge is 2.55. The molecule has 4 rings (SSSR count). The summed E-state index contributed by atoms with van der Waals surface area (Å²) in [6.07, 6.45) is -4.68. The van der Waals surface area contributed by atoms with E-state index >= 15 is 0 Å². The van der Waals surface area contributed by atoms with Crippen LogP contribution in [0.3, 0.4) is 0 Å². The molecule has 1 aliphatic carbocycles. The molecule has 1 saturated carbocycles. The fourth-order valence-corrected chi connectivity index (χ4v) is 4.65. The normalized spacial score (nSPS) is 30.6. The summed E-state index contributed by atoms with van der Waals surface area (Å²) in [5.74, 6) is 0.129. The first-order valence-corrected chi connectivity index (χ1v) is 9.55. The maximum Gasteiger partial charge on any atom is 0.417 e. The zero-order valence-electron chi connectivity index (χ0n) is 15.7. The standard InChI is InChI=1S/C19H21F3N4O3/c1-9-15(27)8-26(9)18-11(5-23)14(19(20,21)22)4-16(24-18)25-6-12-10(13(12)7-25)2-3-17(28)29/h4,9-10,12-13,15,27H,2-3,6-8H2,1H3,(H,28,29)/t9-,10?,12-,13+,15+/m0/s1. The smallest absolute Gasteiger partial charge is 0.417 e. The summed E-state index contributed by atoms with van der Waals surface area (Å²) >= 11 is 0. The molecule has 3 fully saturated rings. The SMILES string of the molecule is C[C@H]1[C@H](O)CN1c1nc(N2C[C@@H]3C(CCC(=O)O)[C@@H]3C2)cc(C(F)(F)F)c1C#N. The molecule has 3 aliphatic rings. The van der Waals surface area contributed by atoms with Crippen molar-refractivity contribution >= 4 is 17.6 Å². The Kier molecular flexibility index (Phi) is 4.61. The number of fused-ring (bicyclic) bond motifs is 1. The van der Waals surface area contributed by atoms with Crippen LogP contribution in [0.25, 0.3) is 0 Å². The van der Waals surface area contributed by atoms with Crippen LogP contribution in [0.2, 0.25) is 0 Å². The summed E-state index contributed by atoms with van der Waals surface area (Å²) in [6, 6.07) is 2.16. The van der Waals surface area contributed by atoms with Crippen molar-refractivity contribution in [3.63, 3.8) is 0 Å². The number of hydrogen-bond donors (Lipinski definition) is 2. The molecule has 1 aromatic rings. The van der Waals surface area contributed by atoms with E-state index in [2.05, 4.69) is 4.98 Å². The van der Waals surface area contributed by atoms with Gasteiger partial charge in [-0.2, -0.15) is 18.4 Å². The third-order valence-electron chi connectivity index (χ3n) is 6.50. The molecule has 156 valence electrons.